The maximum absolute atomic E-state index is 7.40. The number of rotatable bonds is 3. The molecule has 5 nitrogen and oxygen atoms in total. The lowest BCUT2D eigenvalue weighted by molar-refractivity contribution is 0.768. The molecule has 0 aliphatic heterocycles. The molecule has 0 bridgehead atoms. The number of anilines is 3. The molecule has 1 aromatic heterocycles. The van der Waals surface area contributed by atoms with E-state index in [1.165, 1.54) is 6.21 Å². The molecule has 0 aliphatic rings. The van der Waals surface area contributed by atoms with Gasteiger partial charge in [0.25, 0.3) is 0 Å². The predicted molar refractivity (Wildman–Crippen MR) is 70.0 cm³/mol. The minimum absolute atomic E-state index is 0.710. The van der Waals surface area contributed by atoms with Gasteiger partial charge in [0.05, 0.1) is 11.9 Å². The Morgan fingerprint density at radius 2 is 2.24 bits per heavy atom. The second-order valence-electron chi connectivity index (χ2n) is 3.97. The molecule has 0 radical (unpaired) electrons. The van der Waals surface area contributed by atoms with Gasteiger partial charge < -0.3 is 16.5 Å². The van der Waals surface area contributed by atoms with Gasteiger partial charge in [0.2, 0.25) is 0 Å². The molecule has 0 saturated carbocycles. The van der Waals surface area contributed by atoms with Crippen molar-refractivity contribution in [2.75, 3.05) is 11.1 Å². The Morgan fingerprint density at radius 3 is 2.82 bits per heavy atom. The second-order valence-corrected chi connectivity index (χ2v) is 3.97. The lowest BCUT2D eigenvalue weighted by Crippen LogP contribution is -1.99. The summed E-state index contributed by atoms with van der Waals surface area (Å²) in [6.45, 7) is 1.93. The molecule has 1 aromatic carbocycles. The highest BCUT2D eigenvalue weighted by Gasteiger charge is 2.05. The summed E-state index contributed by atoms with van der Waals surface area (Å²) < 4.78 is 1.71. The highest BCUT2D eigenvalue weighted by atomic mass is 15.3. The van der Waals surface area contributed by atoms with Gasteiger partial charge in [-0.2, -0.15) is 5.10 Å². The van der Waals surface area contributed by atoms with E-state index in [2.05, 4.69) is 10.4 Å². The molecule has 0 unspecified atom stereocenters. The van der Waals surface area contributed by atoms with Gasteiger partial charge in [0.1, 0.15) is 0 Å². The minimum atomic E-state index is 0.710. The van der Waals surface area contributed by atoms with Gasteiger partial charge >= 0.3 is 0 Å². The zero-order valence-electron chi connectivity index (χ0n) is 9.86. The van der Waals surface area contributed by atoms with E-state index in [1.807, 2.05) is 32.3 Å². The fourth-order valence-electron chi connectivity index (χ4n) is 1.62. The van der Waals surface area contributed by atoms with Crippen LogP contribution in [0.5, 0.6) is 0 Å². The van der Waals surface area contributed by atoms with Crippen molar-refractivity contribution in [3.05, 3.63) is 35.7 Å². The number of hydrogen-bond donors (Lipinski definition) is 3. The van der Waals surface area contributed by atoms with Crippen LogP contribution in [0.3, 0.4) is 0 Å². The Labute approximate surface area is 99.8 Å². The lowest BCUT2D eigenvalue weighted by atomic mass is 10.1. The van der Waals surface area contributed by atoms with E-state index in [4.69, 9.17) is 11.1 Å². The number of nitrogen functional groups attached to an aromatic ring is 1. The maximum atomic E-state index is 7.40. The largest absolute Gasteiger partial charge is 0.398 e. The third-order valence-electron chi connectivity index (χ3n) is 2.58. The van der Waals surface area contributed by atoms with Crippen LogP contribution in [0.1, 0.15) is 11.1 Å². The zero-order valence-corrected chi connectivity index (χ0v) is 9.86. The van der Waals surface area contributed by atoms with Gasteiger partial charge in [0, 0.05) is 36.4 Å². The first-order valence-corrected chi connectivity index (χ1v) is 5.26. The van der Waals surface area contributed by atoms with Crippen LogP contribution in [0.2, 0.25) is 0 Å². The fraction of sp³-hybridized carbons (Fsp3) is 0.167. The first kappa shape index (κ1) is 11.2. The summed E-state index contributed by atoms with van der Waals surface area (Å²) in [4.78, 5) is 0. The van der Waals surface area contributed by atoms with Gasteiger partial charge in [-0.25, -0.2) is 0 Å². The molecular formula is C12H15N5. The van der Waals surface area contributed by atoms with E-state index in [0.29, 0.717) is 5.69 Å². The van der Waals surface area contributed by atoms with Crippen LogP contribution >= 0.6 is 0 Å². The number of nitrogens with zero attached hydrogens (tertiary/aromatic N) is 2. The molecule has 0 fully saturated rings. The first-order valence-electron chi connectivity index (χ1n) is 5.26. The average Bonchev–Trinajstić information content (AvgIpc) is 2.69. The van der Waals surface area contributed by atoms with E-state index in [-0.39, 0.29) is 0 Å². The van der Waals surface area contributed by atoms with Crippen molar-refractivity contribution in [3.63, 3.8) is 0 Å². The number of nitrogens with two attached hydrogens (primary N) is 1. The van der Waals surface area contributed by atoms with E-state index >= 15 is 0 Å². The molecule has 1 heterocycles. The predicted octanol–water partition coefficient (Wildman–Crippen LogP) is 2.05. The van der Waals surface area contributed by atoms with Gasteiger partial charge in [0.15, 0.2) is 0 Å². The monoisotopic (exact) mass is 229 g/mol. The normalized spacial score (nSPS) is 10.2. The molecule has 17 heavy (non-hydrogen) atoms. The topological polar surface area (TPSA) is 79.7 Å². The van der Waals surface area contributed by atoms with Crippen molar-refractivity contribution < 1.29 is 0 Å². The van der Waals surface area contributed by atoms with Gasteiger partial charge in [-0.15, -0.1) is 0 Å². The van der Waals surface area contributed by atoms with Crippen molar-refractivity contribution in [1.82, 2.24) is 9.78 Å². The van der Waals surface area contributed by atoms with Crippen LogP contribution < -0.4 is 11.1 Å². The Morgan fingerprint density at radius 1 is 1.47 bits per heavy atom. The van der Waals surface area contributed by atoms with Crippen LogP contribution in [0.4, 0.5) is 17.1 Å². The molecule has 2 rings (SSSR count). The molecular weight excluding hydrogens is 214 g/mol. The number of aromatic nitrogens is 2. The van der Waals surface area contributed by atoms with Crippen molar-refractivity contribution in [2.24, 2.45) is 7.05 Å². The van der Waals surface area contributed by atoms with Crippen LogP contribution in [-0.2, 0) is 7.05 Å². The second kappa shape index (κ2) is 4.29. The first-order chi connectivity index (χ1) is 8.10. The molecule has 0 amide bonds. The summed E-state index contributed by atoms with van der Waals surface area (Å²) in [7, 11) is 1.85. The summed E-state index contributed by atoms with van der Waals surface area (Å²) in [6.07, 6.45) is 4.90. The van der Waals surface area contributed by atoms with Crippen molar-refractivity contribution in [2.45, 2.75) is 6.92 Å². The molecule has 2 aromatic rings. The van der Waals surface area contributed by atoms with Crippen LogP contribution in [-0.4, -0.2) is 16.0 Å². The smallest absolute Gasteiger partial charge is 0.0770 e. The molecule has 0 aliphatic carbocycles. The summed E-state index contributed by atoms with van der Waals surface area (Å²) >= 11 is 0. The van der Waals surface area contributed by atoms with Crippen molar-refractivity contribution in [3.8, 4) is 0 Å². The quantitative estimate of drug-likeness (QED) is 0.556. The SMILES string of the molecule is Cc1cc(C=N)c(Nc2cnn(C)c2)cc1N. The molecule has 5 heteroatoms. The molecule has 0 saturated heterocycles. The number of benzene rings is 1. The number of hydrogen-bond acceptors (Lipinski definition) is 4. The van der Waals surface area contributed by atoms with Crippen molar-refractivity contribution >= 4 is 23.3 Å². The van der Waals surface area contributed by atoms with Gasteiger partial charge in [-0.05, 0) is 24.6 Å². The summed E-state index contributed by atoms with van der Waals surface area (Å²) in [6, 6.07) is 3.73. The molecule has 88 valence electrons. The Balaban J connectivity index is 2.37. The standard InChI is InChI=1S/C12H15N5/c1-8-3-9(5-13)12(4-11(8)14)16-10-6-15-17(2)7-10/h3-7,13,16H,14H2,1-2H3. The Hall–Kier alpha value is -2.30. The highest BCUT2D eigenvalue weighted by Crippen LogP contribution is 2.24. The van der Waals surface area contributed by atoms with Gasteiger partial charge in [-0.1, -0.05) is 0 Å². The van der Waals surface area contributed by atoms with Crippen LogP contribution in [0.15, 0.2) is 24.5 Å². The summed E-state index contributed by atoms with van der Waals surface area (Å²) in [5, 5.41) is 14.7. The summed E-state index contributed by atoms with van der Waals surface area (Å²) in [5.74, 6) is 0. The Kier molecular flexibility index (Phi) is 2.82. The highest BCUT2D eigenvalue weighted by molar-refractivity contribution is 5.89. The van der Waals surface area contributed by atoms with E-state index in [1.54, 1.807) is 10.9 Å². The lowest BCUT2D eigenvalue weighted by Gasteiger charge is -2.10. The molecule has 0 spiro atoms. The maximum Gasteiger partial charge on any atom is 0.0770 e. The van der Waals surface area contributed by atoms with Gasteiger partial charge in [-0.3, -0.25) is 4.68 Å². The zero-order chi connectivity index (χ0) is 12.4. The number of aryl methyl sites for hydroxylation is 2. The summed E-state index contributed by atoms with van der Waals surface area (Å²) in [5.41, 5.74) is 10.0. The number of nitrogens with one attached hydrogen (secondary N) is 2. The van der Waals surface area contributed by atoms with Crippen LogP contribution in [0.25, 0.3) is 0 Å². The third-order valence-corrected chi connectivity index (χ3v) is 2.58. The fourth-order valence-corrected chi connectivity index (χ4v) is 1.62. The van der Waals surface area contributed by atoms with E-state index in [9.17, 15) is 0 Å². The van der Waals surface area contributed by atoms with E-state index < -0.39 is 0 Å². The van der Waals surface area contributed by atoms with Crippen molar-refractivity contribution in [1.29, 1.82) is 5.41 Å². The molecule has 0 atom stereocenters. The Bertz CT molecular complexity index is 556. The third kappa shape index (κ3) is 2.28. The van der Waals surface area contributed by atoms with Crippen LogP contribution in [0, 0.1) is 12.3 Å². The average molecular weight is 229 g/mol. The molecule has 4 N–H and O–H groups in total. The van der Waals surface area contributed by atoms with E-state index in [0.717, 1.165) is 22.5 Å². The minimum Gasteiger partial charge on any atom is -0.398 e.